The van der Waals surface area contributed by atoms with Gasteiger partial charge in [-0.25, -0.2) is 4.39 Å². The number of aryl methyl sites for hydroxylation is 1. The van der Waals surface area contributed by atoms with Gasteiger partial charge in [0.25, 0.3) is 0 Å². The summed E-state index contributed by atoms with van der Waals surface area (Å²) in [5, 5.41) is 0. The van der Waals surface area contributed by atoms with Gasteiger partial charge in [0.2, 0.25) is 0 Å². The Kier molecular flexibility index (Phi) is 4.74. The molecule has 2 rings (SSSR count). The average Bonchev–Trinajstić information content (AvgIpc) is 2.41. The van der Waals surface area contributed by atoms with Gasteiger partial charge in [-0.15, -0.1) is 0 Å². The molecule has 19 heavy (non-hydrogen) atoms. The first-order chi connectivity index (χ1) is 9.16. The molecule has 0 atom stereocenters. The first-order valence-corrected chi connectivity index (χ1v) is 6.72. The Morgan fingerprint density at radius 3 is 2.74 bits per heavy atom. The monoisotopic (exact) mass is 324 g/mol. The minimum absolute atomic E-state index is 0.342. The topological polar surface area (TPSA) is 48.1 Å². The van der Waals surface area contributed by atoms with Crippen molar-refractivity contribution in [3.63, 3.8) is 0 Å². The molecule has 1 aromatic heterocycles. The number of nitrogen functional groups attached to an aromatic ring is 1. The lowest BCUT2D eigenvalue weighted by molar-refractivity contribution is 0.311. The van der Waals surface area contributed by atoms with Gasteiger partial charge in [0.1, 0.15) is 11.6 Å². The molecule has 2 aromatic rings. The fourth-order valence-electron chi connectivity index (χ4n) is 1.68. The van der Waals surface area contributed by atoms with Gasteiger partial charge in [0.05, 0.1) is 16.8 Å². The number of nitrogens with two attached hydrogens (primary N) is 1. The molecular weight excluding hydrogens is 311 g/mol. The Hall–Kier alpha value is -1.62. The van der Waals surface area contributed by atoms with Crippen LogP contribution in [0.5, 0.6) is 5.75 Å². The number of aromatic nitrogens is 1. The number of anilines is 1. The molecule has 0 aliphatic carbocycles. The van der Waals surface area contributed by atoms with Gasteiger partial charge in [-0.1, -0.05) is 0 Å². The van der Waals surface area contributed by atoms with Crippen molar-refractivity contribution in [3.8, 4) is 5.75 Å². The molecule has 0 radical (unpaired) electrons. The molecule has 2 N–H and O–H groups in total. The van der Waals surface area contributed by atoms with Crippen LogP contribution in [0.1, 0.15) is 12.0 Å². The van der Waals surface area contributed by atoms with Crippen LogP contribution in [0.2, 0.25) is 0 Å². The molecule has 0 saturated carbocycles. The number of hydrogen-bond acceptors (Lipinski definition) is 3. The van der Waals surface area contributed by atoms with Crippen LogP contribution in [0, 0.1) is 5.82 Å². The van der Waals surface area contributed by atoms with Gasteiger partial charge in [-0.05, 0) is 52.5 Å². The molecule has 100 valence electrons. The summed E-state index contributed by atoms with van der Waals surface area (Å²) in [5.74, 6) is 0.00811. The number of hydrogen-bond donors (Lipinski definition) is 1. The minimum Gasteiger partial charge on any atom is -0.491 e. The number of rotatable bonds is 5. The number of nitrogens with zero attached hydrogens (tertiary/aromatic N) is 1. The normalized spacial score (nSPS) is 10.4. The fourth-order valence-corrected chi connectivity index (χ4v) is 2.04. The highest BCUT2D eigenvalue weighted by atomic mass is 79.9. The maximum atomic E-state index is 13.3. The molecule has 1 aromatic carbocycles. The molecule has 0 amide bonds. The van der Waals surface area contributed by atoms with E-state index in [4.69, 9.17) is 10.5 Å². The lowest BCUT2D eigenvalue weighted by Gasteiger charge is -2.09. The van der Waals surface area contributed by atoms with Gasteiger partial charge >= 0.3 is 0 Å². The summed E-state index contributed by atoms with van der Waals surface area (Å²) < 4.78 is 19.2. The van der Waals surface area contributed by atoms with Crippen molar-refractivity contribution in [2.75, 3.05) is 12.3 Å². The summed E-state index contributed by atoms with van der Waals surface area (Å²) in [7, 11) is 0. The molecule has 0 aliphatic heterocycles. The molecular formula is C14H14BrFN2O. The molecule has 0 fully saturated rings. The molecule has 1 heterocycles. The zero-order valence-electron chi connectivity index (χ0n) is 10.3. The van der Waals surface area contributed by atoms with E-state index >= 15 is 0 Å². The molecule has 0 bridgehead atoms. The zero-order chi connectivity index (χ0) is 13.7. The Labute approximate surface area is 119 Å². The van der Waals surface area contributed by atoms with E-state index in [2.05, 4.69) is 20.9 Å². The largest absolute Gasteiger partial charge is 0.491 e. The Morgan fingerprint density at radius 1 is 1.26 bits per heavy atom. The van der Waals surface area contributed by atoms with E-state index in [1.54, 1.807) is 12.4 Å². The number of halogens is 2. The Balaban J connectivity index is 1.85. The van der Waals surface area contributed by atoms with E-state index < -0.39 is 0 Å². The second-order valence-corrected chi connectivity index (χ2v) is 4.97. The van der Waals surface area contributed by atoms with Crippen molar-refractivity contribution >= 4 is 21.6 Å². The predicted molar refractivity (Wildman–Crippen MR) is 76.6 cm³/mol. The first kappa shape index (κ1) is 13.8. The van der Waals surface area contributed by atoms with Crippen molar-refractivity contribution in [1.82, 2.24) is 4.98 Å². The second-order valence-electron chi connectivity index (χ2n) is 4.11. The third kappa shape index (κ3) is 3.92. The summed E-state index contributed by atoms with van der Waals surface area (Å²) in [6, 6.07) is 6.74. The van der Waals surface area contributed by atoms with Crippen LogP contribution in [-0.4, -0.2) is 11.6 Å². The summed E-state index contributed by atoms with van der Waals surface area (Å²) in [5.41, 5.74) is 7.38. The van der Waals surface area contributed by atoms with Crippen molar-refractivity contribution in [3.05, 3.63) is 52.5 Å². The maximum absolute atomic E-state index is 13.3. The first-order valence-electron chi connectivity index (χ1n) is 5.93. The average molecular weight is 325 g/mol. The van der Waals surface area contributed by atoms with Crippen molar-refractivity contribution in [2.45, 2.75) is 12.8 Å². The van der Waals surface area contributed by atoms with E-state index in [-0.39, 0.29) is 5.82 Å². The summed E-state index contributed by atoms with van der Waals surface area (Å²) >= 11 is 3.08. The van der Waals surface area contributed by atoms with Gasteiger partial charge in [0.15, 0.2) is 0 Å². The standard InChI is InChI=1S/C14H14BrFN2O/c15-11-8-13(17)14(9-12(11)16)19-7-1-2-10-3-5-18-6-4-10/h3-6,8-9H,1-2,7,17H2. The van der Waals surface area contributed by atoms with Crippen LogP contribution in [0.25, 0.3) is 0 Å². The highest BCUT2D eigenvalue weighted by Crippen LogP contribution is 2.28. The summed E-state index contributed by atoms with van der Waals surface area (Å²) in [6.07, 6.45) is 5.25. The van der Waals surface area contributed by atoms with E-state index in [1.165, 1.54) is 17.7 Å². The molecule has 0 unspecified atom stereocenters. The Bertz CT molecular complexity index is 549. The van der Waals surface area contributed by atoms with Gasteiger partial charge < -0.3 is 10.5 Å². The van der Waals surface area contributed by atoms with Crippen molar-refractivity contribution in [2.24, 2.45) is 0 Å². The third-order valence-corrected chi connectivity index (χ3v) is 3.28. The lowest BCUT2D eigenvalue weighted by Crippen LogP contribution is -2.02. The van der Waals surface area contributed by atoms with Crippen LogP contribution >= 0.6 is 15.9 Å². The van der Waals surface area contributed by atoms with Crippen molar-refractivity contribution < 1.29 is 9.13 Å². The van der Waals surface area contributed by atoms with Gasteiger partial charge in [-0.2, -0.15) is 0 Å². The lowest BCUT2D eigenvalue weighted by atomic mass is 10.1. The van der Waals surface area contributed by atoms with Crippen LogP contribution in [0.4, 0.5) is 10.1 Å². The van der Waals surface area contributed by atoms with Gasteiger partial charge in [0, 0.05) is 18.5 Å². The van der Waals surface area contributed by atoms with E-state index in [9.17, 15) is 4.39 Å². The summed E-state index contributed by atoms with van der Waals surface area (Å²) in [4.78, 5) is 3.96. The molecule has 0 saturated heterocycles. The molecule has 3 nitrogen and oxygen atoms in total. The van der Waals surface area contributed by atoms with Crippen LogP contribution in [0.15, 0.2) is 41.1 Å². The molecule has 5 heteroatoms. The number of benzene rings is 1. The van der Waals surface area contributed by atoms with E-state index in [1.807, 2.05) is 12.1 Å². The van der Waals surface area contributed by atoms with Crippen molar-refractivity contribution in [1.29, 1.82) is 0 Å². The third-order valence-electron chi connectivity index (χ3n) is 2.67. The van der Waals surface area contributed by atoms with Crippen LogP contribution in [-0.2, 0) is 6.42 Å². The summed E-state index contributed by atoms with van der Waals surface area (Å²) in [6.45, 7) is 0.494. The number of pyridine rings is 1. The van der Waals surface area contributed by atoms with Gasteiger partial charge in [-0.3, -0.25) is 4.98 Å². The van der Waals surface area contributed by atoms with E-state index in [0.717, 1.165) is 12.8 Å². The smallest absolute Gasteiger partial charge is 0.145 e. The maximum Gasteiger partial charge on any atom is 0.145 e. The van der Waals surface area contributed by atoms with Crippen LogP contribution in [0.3, 0.4) is 0 Å². The van der Waals surface area contributed by atoms with Crippen LogP contribution < -0.4 is 10.5 Å². The van der Waals surface area contributed by atoms with E-state index in [0.29, 0.717) is 22.5 Å². The second kappa shape index (κ2) is 6.52. The fraction of sp³-hybridized carbons (Fsp3) is 0.214. The zero-order valence-corrected chi connectivity index (χ0v) is 11.9. The minimum atomic E-state index is -0.377. The predicted octanol–water partition coefficient (Wildman–Crippen LogP) is 3.58. The SMILES string of the molecule is Nc1cc(Br)c(F)cc1OCCCc1ccncc1. The number of ether oxygens (including phenoxy) is 1. The molecule has 0 aliphatic rings. The Morgan fingerprint density at radius 2 is 2.00 bits per heavy atom. The highest BCUT2D eigenvalue weighted by molar-refractivity contribution is 9.10. The molecule has 0 spiro atoms. The highest BCUT2D eigenvalue weighted by Gasteiger charge is 2.06. The quantitative estimate of drug-likeness (QED) is 0.675.